The number of hydrogen-bond donors (Lipinski definition) is 1. The Balaban J connectivity index is 1.67. The third-order valence-electron chi connectivity index (χ3n) is 4.70. The molecule has 0 fully saturated rings. The standard InChI is InChI=1S/C22H18BrN3O4S/c1-29-17-8-3-13(9-18(17)30-2)16-11-31-21-20(16)22(28)26(12-24-21)10-19(27)25-15-6-4-14(23)5-7-15/h3-9,11-12H,10H2,1-2H3,(H,25,27). The molecule has 0 bridgehead atoms. The molecule has 4 aromatic rings. The molecule has 2 aromatic carbocycles. The third kappa shape index (κ3) is 4.33. The van der Waals surface area contributed by atoms with Crippen molar-refractivity contribution in [2.75, 3.05) is 19.5 Å². The number of hydrogen-bond acceptors (Lipinski definition) is 6. The molecule has 1 amide bonds. The maximum atomic E-state index is 13.2. The molecule has 31 heavy (non-hydrogen) atoms. The minimum absolute atomic E-state index is 0.140. The Hall–Kier alpha value is -3.17. The van der Waals surface area contributed by atoms with E-state index in [1.807, 2.05) is 29.6 Å². The SMILES string of the molecule is COc1ccc(-c2csc3ncn(CC(=O)Nc4ccc(Br)cc4)c(=O)c23)cc1OC. The number of carbonyl (C=O) groups is 1. The number of ether oxygens (including phenoxy) is 2. The molecule has 0 unspecified atom stereocenters. The fourth-order valence-electron chi connectivity index (χ4n) is 3.18. The van der Waals surface area contributed by atoms with Crippen LogP contribution in [0, 0.1) is 0 Å². The summed E-state index contributed by atoms with van der Waals surface area (Å²) < 4.78 is 12.9. The van der Waals surface area contributed by atoms with E-state index in [1.165, 1.54) is 22.2 Å². The molecular weight excluding hydrogens is 482 g/mol. The highest BCUT2D eigenvalue weighted by molar-refractivity contribution is 9.10. The van der Waals surface area contributed by atoms with Crippen LogP contribution in [0.1, 0.15) is 0 Å². The van der Waals surface area contributed by atoms with Crippen LogP contribution in [-0.4, -0.2) is 29.7 Å². The van der Waals surface area contributed by atoms with Crippen molar-refractivity contribution in [2.24, 2.45) is 0 Å². The molecule has 0 saturated carbocycles. The summed E-state index contributed by atoms with van der Waals surface area (Å²) in [4.78, 5) is 30.6. The van der Waals surface area contributed by atoms with Crippen LogP contribution in [0.2, 0.25) is 0 Å². The van der Waals surface area contributed by atoms with Crippen molar-refractivity contribution in [1.29, 1.82) is 0 Å². The number of amides is 1. The van der Waals surface area contributed by atoms with E-state index in [4.69, 9.17) is 9.47 Å². The number of thiophene rings is 1. The van der Waals surface area contributed by atoms with Gasteiger partial charge >= 0.3 is 0 Å². The third-order valence-corrected chi connectivity index (χ3v) is 6.11. The summed E-state index contributed by atoms with van der Waals surface area (Å²) in [5.41, 5.74) is 1.92. The summed E-state index contributed by atoms with van der Waals surface area (Å²) in [5.74, 6) is 0.858. The summed E-state index contributed by atoms with van der Waals surface area (Å²) in [5, 5.41) is 5.14. The van der Waals surface area contributed by atoms with Crippen molar-refractivity contribution in [3.8, 4) is 22.6 Å². The Bertz CT molecular complexity index is 1310. The number of nitrogens with zero attached hydrogens (tertiary/aromatic N) is 2. The lowest BCUT2D eigenvalue weighted by Crippen LogP contribution is -2.27. The van der Waals surface area contributed by atoms with Crippen LogP contribution in [0.3, 0.4) is 0 Å². The van der Waals surface area contributed by atoms with E-state index >= 15 is 0 Å². The fourth-order valence-corrected chi connectivity index (χ4v) is 4.36. The molecule has 0 atom stereocenters. The molecule has 158 valence electrons. The zero-order chi connectivity index (χ0) is 22.0. The number of benzene rings is 2. The number of fused-ring (bicyclic) bond motifs is 1. The van der Waals surface area contributed by atoms with Gasteiger partial charge in [-0.25, -0.2) is 4.98 Å². The maximum Gasteiger partial charge on any atom is 0.263 e. The Labute approximate surface area is 190 Å². The molecule has 4 rings (SSSR count). The average molecular weight is 500 g/mol. The van der Waals surface area contributed by atoms with Crippen molar-refractivity contribution in [3.63, 3.8) is 0 Å². The highest BCUT2D eigenvalue weighted by Gasteiger charge is 2.16. The van der Waals surface area contributed by atoms with Crippen molar-refractivity contribution < 1.29 is 14.3 Å². The smallest absolute Gasteiger partial charge is 0.263 e. The number of nitrogens with one attached hydrogen (secondary N) is 1. The van der Waals surface area contributed by atoms with Gasteiger partial charge in [0.1, 0.15) is 11.4 Å². The number of rotatable bonds is 6. The molecule has 0 spiro atoms. The minimum atomic E-state index is -0.312. The highest BCUT2D eigenvalue weighted by Crippen LogP contribution is 2.36. The first-order valence-corrected chi connectivity index (χ1v) is 10.9. The first-order chi connectivity index (χ1) is 15.0. The predicted molar refractivity (Wildman–Crippen MR) is 125 cm³/mol. The quantitative estimate of drug-likeness (QED) is 0.420. The largest absolute Gasteiger partial charge is 0.493 e. The van der Waals surface area contributed by atoms with Gasteiger partial charge in [-0.3, -0.25) is 14.2 Å². The molecule has 1 N–H and O–H groups in total. The zero-order valence-corrected chi connectivity index (χ0v) is 19.1. The van der Waals surface area contributed by atoms with Crippen LogP contribution in [0.15, 0.2) is 63.4 Å². The molecule has 7 nitrogen and oxygen atoms in total. The van der Waals surface area contributed by atoms with Gasteiger partial charge in [-0.2, -0.15) is 0 Å². The molecule has 0 aliphatic carbocycles. The van der Waals surface area contributed by atoms with Crippen molar-refractivity contribution in [3.05, 3.63) is 69.0 Å². The summed E-state index contributed by atoms with van der Waals surface area (Å²) in [7, 11) is 3.13. The first-order valence-electron chi connectivity index (χ1n) is 9.24. The second-order valence-electron chi connectivity index (χ2n) is 6.63. The molecule has 9 heteroatoms. The number of halogens is 1. The van der Waals surface area contributed by atoms with Gasteiger partial charge < -0.3 is 14.8 Å². The van der Waals surface area contributed by atoms with E-state index in [9.17, 15) is 9.59 Å². The summed E-state index contributed by atoms with van der Waals surface area (Å²) >= 11 is 4.73. The maximum absolute atomic E-state index is 13.2. The van der Waals surface area contributed by atoms with Crippen LogP contribution >= 0.6 is 27.3 Å². The normalized spacial score (nSPS) is 10.8. The summed E-state index contributed by atoms with van der Waals surface area (Å²) in [6.45, 7) is -0.140. The van der Waals surface area contributed by atoms with Gasteiger partial charge in [0, 0.05) is 21.1 Å². The lowest BCUT2D eigenvalue weighted by Gasteiger charge is -2.10. The van der Waals surface area contributed by atoms with E-state index in [0.29, 0.717) is 27.4 Å². The minimum Gasteiger partial charge on any atom is -0.493 e. The topological polar surface area (TPSA) is 82.5 Å². The van der Waals surface area contributed by atoms with Gasteiger partial charge in [0.2, 0.25) is 5.91 Å². The van der Waals surface area contributed by atoms with E-state index in [0.717, 1.165) is 15.6 Å². The van der Waals surface area contributed by atoms with Gasteiger partial charge in [0.15, 0.2) is 11.5 Å². The van der Waals surface area contributed by atoms with E-state index in [2.05, 4.69) is 26.2 Å². The van der Waals surface area contributed by atoms with Crippen molar-refractivity contribution in [1.82, 2.24) is 9.55 Å². The van der Waals surface area contributed by atoms with Gasteiger partial charge in [0.05, 0.1) is 25.9 Å². The highest BCUT2D eigenvalue weighted by atomic mass is 79.9. The van der Waals surface area contributed by atoms with Gasteiger partial charge in [0.25, 0.3) is 5.56 Å². The molecule has 2 heterocycles. The summed E-state index contributed by atoms with van der Waals surface area (Å²) in [6.07, 6.45) is 1.40. The van der Waals surface area contributed by atoms with Gasteiger partial charge in [-0.05, 0) is 42.0 Å². The van der Waals surface area contributed by atoms with Crippen LogP contribution in [0.5, 0.6) is 11.5 Å². The van der Waals surface area contributed by atoms with Crippen LogP contribution in [-0.2, 0) is 11.3 Å². The second-order valence-corrected chi connectivity index (χ2v) is 8.41. The van der Waals surface area contributed by atoms with Gasteiger partial charge in [-0.1, -0.05) is 22.0 Å². The zero-order valence-electron chi connectivity index (χ0n) is 16.7. The number of anilines is 1. The molecule has 0 aliphatic heterocycles. The number of carbonyl (C=O) groups excluding carboxylic acids is 1. The molecular formula is C22H18BrN3O4S. The second kappa shape index (κ2) is 8.91. The predicted octanol–water partition coefficient (Wildman–Crippen LogP) is 4.54. The Morgan fingerprint density at radius 1 is 1.13 bits per heavy atom. The molecule has 0 aliphatic rings. The molecule has 2 aromatic heterocycles. The number of aromatic nitrogens is 2. The number of methoxy groups -OCH3 is 2. The van der Waals surface area contributed by atoms with E-state index < -0.39 is 0 Å². The van der Waals surface area contributed by atoms with Gasteiger partial charge in [-0.15, -0.1) is 11.3 Å². The van der Waals surface area contributed by atoms with Crippen LogP contribution < -0.4 is 20.3 Å². The Kier molecular flexibility index (Phi) is 6.06. The Morgan fingerprint density at radius 3 is 2.58 bits per heavy atom. The summed E-state index contributed by atoms with van der Waals surface area (Å²) in [6, 6.07) is 12.7. The van der Waals surface area contributed by atoms with E-state index in [1.54, 1.807) is 32.4 Å². The monoisotopic (exact) mass is 499 g/mol. The van der Waals surface area contributed by atoms with Crippen LogP contribution in [0.25, 0.3) is 21.3 Å². The van der Waals surface area contributed by atoms with Crippen LogP contribution in [0.4, 0.5) is 5.69 Å². The fraction of sp³-hybridized carbons (Fsp3) is 0.136. The molecule has 0 radical (unpaired) electrons. The lowest BCUT2D eigenvalue weighted by molar-refractivity contribution is -0.116. The Morgan fingerprint density at radius 2 is 1.87 bits per heavy atom. The van der Waals surface area contributed by atoms with Crippen molar-refractivity contribution >= 4 is 49.1 Å². The average Bonchev–Trinajstić information content (AvgIpc) is 3.21. The lowest BCUT2D eigenvalue weighted by atomic mass is 10.1. The first kappa shape index (κ1) is 21.1. The molecule has 0 saturated heterocycles. The van der Waals surface area contributed by atoms with Crippen molar-refractivity contribution in [2.45, 2.75) is 6.54 Å². The van der Waals surface area contributed by atoms with E-state index in [-0.39, 0.29) is 18.0 Å².